The molecule has 0 bridgehead atoms. The van der Waals surface area contributed by atoms with Crippen LogP contribution in [0.4, 0.5) is 4.39 Å². The molecule has 1 fully saturated rings. The first-order valence-electron chi connectivity index (χ1n) is 6.67. The zero-order chi connectivity index (χ0) is 13.1. The van der Waals surface area contributed by atoms with Crippen molar-refractivity contribution < 1.29 is 4.39 Å². The van der Waals surface area contributed by atoms with Crippen LogP contribution in [-0.4, -0.2) is 5.38 Å². The normalized spacial score (nSPS) is 28.3. The highest BCUT2D eigenvalue weighted by atomic mass is 79.9. The van der Waals surface area contributed by atoms with Crippen molar-refractivity contribution in [1.82, 2.24) is 0 Å². The Kier molecular flexibility index (Phi) is 5.08. The van der Waals surface area contributed by atoms with Crippen LogP contribution in [0.3, 0.4) is 0 Å². The zero-order valence-electron chi connectivity index (χ0n) is 10.6. The summed E-state index contributed by atoms with van der Waals surface area (Å²) >= 11 is 9.77. The van der Waals surface area contributed by atoms with Crippen LogP contribution < -0.4 is 0 Å². The van der Waals surface area contributed by atoms with E-state index in [1.807, 2.05) is 6.07 Å². The maximum Gasteiger partial charge on any atom is 0.124 e. The molecule has 0 spiro atoms. The second-order valence-corrected chi connectivity index (χ2v) is 6.82. The molecule has 0 nitrogen and oxygen atoms in total. The van der Waals surface area contributed by atoms with Crippen molar-refractivity contribution in [2.75, 3.05) is 0 Å². The minimum Gasteiger partial charge on any atom is -0.207 e. The first-order chi connectivity index (χ1) is 8.58. The second-order valence-electron chi connectivity index (χ2n) is 5.35. The standard InChI is InChI=1S/C15H19BrClF/c1-2-10-3-4-15(17)12(5-10)6-11-7-13(16)9-14(18)8-11/h7-10,12,15H,2-6H2,1H3. The predicted molar refractivity (Wildman–Crippen MR) is 78.6 cm³/mol. The first-order valence-corrected chi connectivity index (χ1v) is 7.90. The van der Waals surface area contributed by atoms with Gasteiger partial charge in [0.1, 0.15) is 5.82 Å². The minimum absolute atomic E-state index is 0.173. The van der Waals surface area contributed by atoms with E-state index in [2.05, 4.69) is 22.9 Å². The van der Waals surface area contributed by atoms with Crippen LogP contribution in [0.25, 0.3) is 0 Å². The van der Waals surface area contributed by atoms with Gasteiger partial charge in [0.15, 0.2) is 0 Å². The van der Waals surface area contributed by atoms with E-state index >= 15 is 0 Å². The molecule has 100 valence electrons. The van der Waals surface area contributed by atoms with Crippen molar-refractivity contribution in [2.24, 2.45) is 11.8 Å². The van der Waals surface area contributed by atoms with Crippen LogP contribution in [0.15, 0.2) is 22.7 Å². The Bertz CT molecular complexity index is 387. The van der Waals surface area contributed by atoms with Gasteiger partial charge in [0.25, 0.3) is 0 Å². The van der Waals surface area contributed by atoms with Gasteiger partial charge in [-0.15, -0.1) is 11.6 Å². The fourth-order valence-corrected chi connectivity index (χ4v) is 3.77. The van der Waals surface area contributed by atoms with Crippen LogP contribution in [0.2, 0.25) is 0 Å². The van der Waals surface area contributed by atoms with Crippen LogP contribution in [0, 0.1) is 17.7 Å². The van der Waals surface area contributed by atoms with Crippen molar-refractivity contribution in [3.8, 4) is 0 Å². The van der Waals surface area contributed by atoms with Gasteiger partial charge in [-0.05, 0) is 61.3 Å². The summed E-state index contributed by atoms with van der Waals surface area (Å²) in [6.07, 6.45) is 5.64. The van der Waals surface area contributed by atoms with Crippen LogP contribution in [0.5, 0.6) is 0 Å². The molecule has 0 heterocycles. The van der Waals surface area contributed by atoms with E-state index in [0.29, 0.717) is 5.92 Å². The molecule has 1 saturated carbocycles. The number of hydrogen-bond acceptors (Lipinski definition) is 0. The predicted octanol–water partition coefficient (Wildman–Crippen LogP) is 5.56. The number of rotatable bonds is 3. The summed E-state index contributed by atoms with van der Waals surface area (Å²) in [5, 5.41) is 0.245. The summed E-state index contributed by atoms with van der Waals surface area (Å²) in [5.74, 6) is 1.11. The highest BCUT2D eigenvalue weighted by Gasteiger charge is 2.28. The van der Waals surface area contributed by atoms with Gasteiger partial charge < -0.3 is 0 Å². The smallest absolute Gasteiger partial charge is 0.124 e. The van der Waals surface area contributed by atoms with Crippen molar-refractivity contribution in [2.45, 2.75) is 44.4 Å². The third-order valence-electron chi connectivity index (χ3n) is 4.00. The number of benzene rings is 1. The Morgan fingerprint density at radius 3 is 2.78 bits per heavy atom. The lowest BCUT2D eigenvalue weighted by Crippen LogP contribution is -2.26. The van der Waals surface area contributed by atoms with Gasteiger partial charge in [-0.3, -0.25) is 0 Å². The molecule has 18 heavy (non-hydrogen) atoms. The molecular weight excluding hydrogens is 315 g/mol. The summed E-state index contributed by atoms with van der Waals surface area (Å²) in [5.41, 5.74) is 1.05. The molecule has 0 aliphatic heterocycles. The highest BCUT2D eigenvalue weighted by Crippen LogP contribution is 2.36. The summed E-state index contributed by atoms with van der Waals surface area (Å²) in [6.45, 7) is 2.25. The maximum absolute atomic E-state index is 13.4. The molecule has 0 radical (unpaired) electrons. The van der Waals surface area contributed by atoms with Crippen LogP contribution in [-0.2, 0) is 6.42 Å². The average Bonchev–Trinajstić information content (AvgIpc) is 2.30. The fourth-order valence-electron chi connectivity index (χ4n) is 2.94. The molecule has 3 unspecified atom stereocenters. The van der Waals surface area contributed by atoms with Gasteiger partial charge in [-0.1, -0.05) is 29.3 Å². The van der Waals surface area contributed by atoms with E-state index in [0.717, 1.165) is 28.8 Å². The number of hydrogen-bond donors (Lipinski definition) is 0. The lowest BCUT2D eigenvalue weighted by atomic mass is 9.77. The summed E-state index contributed by atoms with van der Waals surface area (Å²) in [4.78, 5) is 0. The summed E-state index contributed by atoms with van der Waals surface area (Å²) in [7, 11) is 0. The van der Waals surface area contributed by atoms with Gasteiger partial charge in [0, 0.05) is 9.85 Å². The Hall–Kier alpha value is -0.0800. The van der Waals surface area contributed by atoms with E-state index in [1.54, 1.807) is 6.07 Å². The summed E-state index contributed by atoms with van der Waals surface area (Å²) in [6, 6.07) is 5.13. The Labute approximate surface area is 122 Å². The topological polar surface area (TPSA) is 0 Å². The van der Waals surface area contributed by atoms with Gasteiger partial charge in [-0.2, -0.15) is 0 Å². The van der Waals surface area contributed by atoms with E-state index < -0.39 is 0 Å². The molecular formula is C15H19BrClF. The van der Waals surface area contributed by atoms with Crippen molar-refractivity contribution >= 4 is 27.5 Å². The Morgan fingerprint density at radius 1 is 1.33 bits per heavy atom. The molecule has 1 aliphatic rings. The zero-order valence-corrected chi connectivity index (χ0v) is 13.0. The van der Waals surface area contributed by atoms with Crippen molar-refractivity contribution in [1.29, 1.82) is 0 Å². The molecule has 0 N–H and O–H groups in total. The van der Waals surface area contributed by atoms with Gasteiger partial charge >= 0.3 is 0 Å². The number of halogens is 3. The third kappa shape index (κ3) is 3.71. The third-order valence-corrected chi connectivity index (χ3v) is 5.03. The summed E-state index contributed by atoms with van der Waals surface area (Å²) < 4.78 is 14.2. The van der Waals surface area contributed by atoms with E-state index in [4.69, 9.17) is 11.6 Å². The molecule has 3 heteroatoms. The molecule has 0 aromatic heterocycles. The Balaban J connectivity index is 2.06. The van der Waals surface area contributed by atoms with E-state index in [-0.39, 0.29) is 11.2 Å². The molecule has 0 amide bonds. The molecule has 1 aliphatic carbocycles. The van der Waals surface area contributed by atoms with Crippen molar-refractivity contribution in [3.05, 3.63) is 34.1 Å². The van der Waals surface area contributed by atoms with Crippen LogP contribution in [0.1, 0.15) is 38.2 Å². The monoisotopic (exact) mass is 332 g/mol. The van der Waals surface area contributed by atoms with E-state index in [9.17, 15) is 4.39 Å². The van der Waals surface area contributed by atoms with Crippen molar-refractivity contribution in [3.63, 3.8) is 0 Å². The van der Waals surface area contributed by atoms with E-state index in [1.165, 1.54) is 25.3 Å². The highest BCUT2D eigenvalue weighted by molar-refractivity contribution is 9.10. The van der Waals surface area contributed by atoms with Gasteiger partial charge in [0.2, 0.25) is 0 Å². The van der Waals surface area contributed by atoms with Gasteiger partial charge in [-0.25, -0.2) is 4.39 Å². The maximum atomic E-state index is 13.4. The lowest BCUT2D eigenvalue weighted by molar-refractivity contribution is 0.264. The fraction of sp³-hybridized carbons (Fsp3) is 0.600. The molecule has 1 aromatic rings. The molecule has 1 aromatic carbocycles. The minimum atomic E-state index is -0.173. The van der Waals surface area contributed by atoms with Crippen LogP contribution >= 0.6 is 27.5 Å². The Morgan fingerprint density at radius 2 is 2.11 bits per heavy atom. The largest absolute Gasteiger partial charge is 0.207 e. The lowest BCUT2D eigenvalue weighted by Gasteiger charge is -2.32. The second kappa shape index (κ2) is 6.38. The average molecular weight is 334 g/mol. The quantitative estimate of drug-likeness (QED) is 0.635. The molecule has 2 rings (SSSR count). The first kappa shape index (κ1) is 14.3. The number of alkyl halides is 1. The van der Waals surface area contributed by atoms with Gasteiger partial charge in [0.05, 0.1) is 0 Å². The SMILES string of the molecule is CCC1CCC(Cl)C(Cc2cc(F)cc(Br)c2)C1. The molecule has 3 atom stereocenters. The molecule has 0 saturated heterocycles.